The molecular formula is C24H25N7O3. The van der Waals surface area contributed by atoms with Crippen LogP contribution in [0.15, 0.2) is 60.9 Å². The van der Waals surface area contributed by atoms with Gasteiger partial charge in [-0.15, -0.1) is 0 Å². The predicted octanol–water partition coefficient (Wildman–Crippen LogP) is 2.44. The Morgan fingerprint density at radius 2 is 1.82 bits per heavy atom. The molecule has 1 aliphatic rings. The first-order chi connectivity index (χ1) is 16.6. The summed E-state index contributed by atoms with van der Waals surface area (Å²) >= 11 is 0. The molecular weight excluding hydrogens is 434 g/mol. The lowest BCUT2D eigenvalue weighted by Crippen LogP contribution is -2.51. The maximum absolute atomic E-state index is 11.9. The first-order valence-corrected chi connectivity index (χ1v) is 10.9. The number of nitrogens with one attached hydrogen (secondary N) is 1. The molecule has 0 aliphatic carbocycles. The van der Waals surface area contributed by atoms with Gasteiger partial charge in [0.05, 0.1) is 18.0 Å². The van der Waals surface area contributed by atoms with Crippen molar-refractivity contribution >= 4 is 22.8 Å². The molecule has 0 bridgehead atoms. The molecule has 2 aromatic carbocycles. The Morgan fingerprint density at radius 3 is 2.56 bits per heavy atom. The first kappa shape index (κ1) is 21.8. The number of nitrogen functional groups attached to an aromatic ring is 1. The number of carbonyl (C=O) groups is 1. The fourth-order valence-corrected chi connectivity index (χ4v) is 4.00. The lowest BCUT2D eigenvalue weighted by molar-refractivity contribution is -0.125. The number of hydrogen-bond donors (Lipinski definition) is 2. The maximum atomic E-state index is 11.9. The second kappa shape index (κ2) is 9.46. The molecule has 2 aromatic heterocycles. The minimum atomic E-state index is -0.0734. The van der Waals surface area contributed by atoms with Gasteiger partial charge in [0.25, 0.3) is 0 Å². The highest BCUT2D eigenvalue weighted by Gasteiger charge is 2.32. The van der Waals surface area contributed by atoms with Gasteiger partial charge in [-0.1, -0.05) is 18.2 Å². The number of nitrogens with two attached hydrogens (primary N) is 1. The van der Waals surface area contributed by atoms with Gasteiger partial charge < -0.3 is 20.5 Å². The Labute approximate surface area is 196 Å². The monoisotopic (exact) mass is 459 g/mol. The topological polar surface area (TPSA) is 120 Å². The zero-order chi connectivity index (χ0) is 23.5. The summed E-state index contributed by atoms with van der Waals surface area (Å²) in [4.78, 5) is 22.6. The smallest absolute Gasteiger partial charge is 0.235 e. The third-order valence-corrected chi connectivity index (χ3v) is 5.69. The van der Waals surface area contributed by atoms with Crippen molar-refractivity contribution in [3.8, 4) is 22.8 Å². The number of carbonyl (C=O) groups excluding carboxylic acids is 1. The minimum Gasteiger partial charge on any atom is -0.457 e. The van der Waals surface area contributed by atoms with Gasteiger partial charge in [-0.25, -0.2) is 14.6 Å². The zero-order valence-electron chi connectivity index (χ0n) is 18.7. The molecule has 1 amide bonds. The molecule has 1 saturated heterocycles. The molecule has 0 spiro atoms. The van der Waals surface area contributed by atoms with E-state index in [1.165, 1.54) is 13.4 Å². The molecule has 5 rings (SSSR count). The number of rotatable bonds is 8. The standard InChI is InChI=1S/C24H25N7O3/c1-33-15-28-20(32)13-30-11-17(12-30)31-24-21(23(25)26-14-27-24)22(29-31)16-7-9-19(10-8-16)34-18-5-3-2-4-6-18/h2-10,14,17H,11-13,15H2,1H3,(H,28,32)(H2,25,26,27). The molecule has 0 saturated carbocycles. The molecule has 4 aromatic rings. The number of nitrogens with zero attached hydrogens (tertiary/aromatic N) is 5. The molecule has 10 heteroatoms. The van der Waals surface area contributed by atoms with Crippen molar-refractivity contribution in [2.75, 3.05) is 39.2 Å². The zero-order valence-corrected chi connectivity index (χ0v) is 18.7. The molecule has 1 fully saturated rings. The van der Waals surface area contributed by atoms with Gasteiger partial charge in [0.15, 0.2) is 5.65 Å². The van der Waals surface area contributed by atoms with Crippen LogP contribution in [0.5, 0.6) is 11.5 Å². The Kier molecular flexibility index (Phi) is 6.07. The molecule has 0 atom stereocenters. The number of fused-ring (bicyclic) bond motifs is 1. The Bertz CT molecular complexity index is 1290. The van der Waals surface area contributed by atoms with Gasteiger partial charge in [-0.3, -0.25) is 9.69 Å². The van der Waals surface area contributed by atoms with Gasteiger partial charge in [0.1, 0.15) is 36.1 Å². The van der Waals surface area contributed by atoms with E-state index in [1.807, 2.05) is 64.2 Å². The highest BCUT2D eigenvalue weighted by molar-refractivity contribution is 5.98. The van der Waals surface area contributed by atoms with Crippen molar-refractivity contribution in [1.29, 1.82) is 0 Å². The number of anilines is 1. The van der Waals surface area contributed by atoms with Crippen molar-refractivity contribution in [2.24, 2.45) is 0 Å². The highest BCUT2D eigenvalue weighted by atomic mass is 16.5. The van der Waals surface area contributed by atoms with E-state index in [4.69, 9.17) is 20.3 Å². The predicted molar refractivity (Wildman–Crippen MR) is 127 cm³/mol. The third kappa shape index (κ3) is 4.41. The SMILES string of the molecule is COCNC(=O)CN1CC(n2nc(-c3ccc(Oc4ccccc4)cc3)c3c(N)ncnc32)C1. The number of para-hydroxylation sites is 1. The fraction of sp³-hybridized carbons (Fsp3) is 0.250. The largest absolute Gasteiger partial charge is 0.457 e. The number of hydrogen-bond acceptors (Lipinski definition) is 8. The van der Waals surface area contributed by atoms with Crippen LogP contribution in [0.2, 0.25) is 0 Å². The van der Waals surface area contributed by atoms with Gasteiger partial charge in [0, 0.05) is 25.8 Å². The number of benzene rings is 2. The lowest BCUT2D eigenvalue weighted by atomic mass is 10.1. The maximum Gasteiger partial charge on any atom is 0.235 e. The molecule has 0 unspecified atom stereocenters. The van der Waals surface area contributed by atoms with Crippen LogP contribution in [0, 0.1) is 0 Å². The van der Waals surface area contributed by atoms with E-state index in [0.717, 1.165) is 28.1 Å². The van der Waals surface area contributed by atoms with Crippen molar-refractivity contribution in [3.05, 3.63) is 60.9 Å². The van der Waals surface area contributed by atoms with E-state index in [-0.39, 0.29) is 18.7 Å². The lowest BCUT2D eigenvalue weighted by Gasteiger charge is -2.38. The van der Waals surface area contributed by atoms with Crippen molar-refractivity contribution in [1.82, 2.24) is 30.0 Å². The molecule has 3 heterocycles. The number of aromatic nitrogens is 4. The van der Waals surface area contributed by atoms with Crippen molar-refractivity contribution in [3.63, 3.8) is 0 Å². The van der Waals surface area contributed by atoms with Crippen LogP contribution in [-0.4, -0.2) is 64.0 Å². The normalized spacial score (nSPS) is 14.1. The van der Waals surface area contributed by atoms with E-state index in [2.05, 4.69) is 15.3 Å². The van der Waals surface area contributed by atoms with Gasteiger partial charge in [-0.05, 0) is 36.4 Å². The van der Waals surface area contributed by atoms with Gasteiger partial charge in [0.2, 0.25) is 5.91 Å². The fourth-order valence-electron chi connectivity index (χ4n) is 4.00. The summed E-state index contributed by atoms with van der Waals surface area (Å²) in [7, 11) is 1.54. The number of ether oxygens (including phenoxy) is 2. The van der Waals surface area contributed by atoms with E-state index in [9.17, 15) is 4.79 Å². The second-order valence-corrected chi connectivity index (χ2v) is 8.07. The van der Waals surface area contributed by atoms with Gasteiger partial charge in [-0.2, -0.15) is 5.10 Å². The van der Waals surface area contributed by atoms with Crippen LogP contribution in [-0.2, 0) is 9.53 Å². The summed E-state index contributed by atoms with van der Waals surface area (Å²) in [6.45, 7) is 1.88. The quantitative estimate of drug-likeness (QED) is 0.386. The number of amides is 1. The Hall–Kier alpha value is -4.02. The van der Waals surface area contributed by atoms with Gasteiger partial charge >= 0.3 is 0 Å². The summed E-state index contributed by atoms with van der Waals surface area (Å²) < 4.78 is 12.7. The molecule has 10 nitrogen and oxygen atoms in total. The van der Waals surface area contributed by atoms with E-state index in [1.54, 1.807) is 0 Å². The number of methoxy groups -OCH3 is 1. The summed E-state index contributed by atoms with van der Waals surface area (Å²) in [6, 6.07) is 17.4. The molecule has 34 heavy (non-hydrogen) atoms. The van der Waals surface area contributed by atoms with E-state index < -0.39 is 0 Å². The summed E-state index contributed by atoms with van der Waals surface area (Å²) in [5.41, 5.74) is 8.52. The van der Waals surface area contributed by atoms with Crippen LogP contribution in [0.3, 0.4) is 0 Å². The summed E-state index contributed by atoms with van der Waals surface area (Å²) in [6.07, 6.45) is 1.45. The highest BCUT2D eigenvalue weighted by Crippen LogP contribution is 2.34. The minimum absolute atomic E-state index is 0.0734. The molecule has 174 valence electrons. The van der Waals surface area contributed by atoms with E-state index >= 15 is 0 Å². The molecule has 3 N–H and O–H groups in total. The Balaban J connectivity index is 1.36. The number of likely N-dealkylation sites (tertiary alicyclic amines) is 1. The third-order valence-electron chi connectivity index (χ3n) is 5.69. The van der Waals surface area contributed by atoms with Crippen LogP contribution in [0.25, 0.3) is 22.3 Å². The molecule has 0 radical (unpaired) electrons. The second-order valence-electron chi connectivity index (χ2n) is 8.07. The van der Waals surface area contributed by atoms with Crippen molar-refractivity contribution < 1.29 is 14.3 Å². The van der Waals surface area contributed by atoms with Crippen LogP contribution < -0.4 is 15.8 Å². The average molecular weight is 460 g/mol. The van der Waals surface area contributed by atoms with Crippen LogP contribution >= 0.6 is 0 Å². The van der Waals surface area contributed by atoms with E-state index in [0.29, 0.717) is 31.1 Å². The van der Waals surface area contributed by atoms with Crippen LogP contribution in [0.4, 0.5) is 5.82 Å². The van der Waals surface area contributed by atoms with Crippen molar-refractivity contribution in [2.45, 2.75) is 6.04 Å². The first-order valence-electron chi connectivity index (χ1n) is 10.9. The Morgan fingerprint density at radius 1 is 1.09 bits per heavy atom. The summed E-state index contributed by atoms with van der Waals surface area (Å²) in [5.74, 6) is 1.80. The molecule has 1 aliphatic heterocycles. The summed E-state index contributed by atoms with van der Waals surface area (Å²) in [5, 5.41) is 8.28. The van der Waals surface area contributed by atoms with Crippen LogP contribution in [0.1, 0.15) is 6.04 Å². The average Bonchev–Trinajstić information content (AvgIpc) is 3.21.